The standard InChI is InChI=1S/C11H18N6O/c12-3-6-18-16-7-9-10(13)14-8-15-11(9)17-4-1-2-5-17/h7-8H,1-6,12H2,(H2,13,14,15). The molecule has 1 saturated heterocycles. The van der Waals surface area contributed by atoms with Crippen LogP contribution in [0.15, 0.2) is 11.5 Å². The van der Waals surface area contributed by atoms with E-state index in [1.807, 2.05) is 0 Å². The van der Waals surface area contributed by atoms with Crippen molar-refractivity contribution in [3.05, 3.63) is 11.9 Å². The summed E-state index contributed by atoms with van der Waals surface area (Å²) in [6, 6.07) is 0. The molecule has 0 bridgehead atoms. The molecule has 1 aromatic heterocycles. The van der Waals surface area contributed by atoms with Crippen molar-refractivity contribution < 1.29 is 4.84 Å². The van der Waals surface area contributed by atoms with Crippen molar-refractivity contribution in [2.24, 2.45) is 10.9 Å². The number of hydrogen-bond donors (Lipinski definition) is 2. The number of aromatic nitrogens is 2. The maximum Gasteiger partial charge on any atom is 0.143 e. The molecular formula is C11H18N6O. The van der Waals surface area contributed by atoms with Crippen molar-refractivity contribution in [2.45, 2.75) is 12.8 Å². The van der Waals surface area contributed by atoms with Crippen molar-refractivity contribution in [3.63, 3.8) is 0 Å². The van der Waals surface area contributed by atoms with E-state index in [1.54, 1.807) is 6.21 Å². The van der Waals surface area contributed by atoms with Crippen LogP contribution in [0.1, 0.15) is 18.4 Å². The molecule has 0 radical (unpaired) electrons. The Morgan fingerprint density at radius 1 is 1.39 bits per heavy atom. The van der Waals surface area contributed by atoms with Gasteiger partial charge in [-0.05, 0) is 12.8 Å². The first-order chi connectivity index (χ1) is 8.83. The summed E-state index contributed by atoms with van der Waals surface area (Å²) in [5.74, 6) is 1.23. The lowest BCUT2D eigenvalue weighted by Gasteiger charge is -2.18. The second-order valence-electron chi connectivity index (χ2n) is 4.05. The van der Waals surface area contributed by atoms with E-state index >= 15 is 0 Å². The Hall–Kier alpha value is -1.89. The maximum atomic E-state index is 5.85. The van der Waals surface area contributed by atoms with E-state index in [4.69, 9.17) is 16.3 Å². The van der Waals surface area contributed by atoms with Gasteiger partial charge in [-0.15, -0.1) is 0 Å². The second kappa shape index (κ2) is 6.15. The van der Waals surface area contributed by atoms with Crippen LogP contribution in [0.4, 0.5) is 11.6 Å². The molecule has 1 fully saturated rings. The zero-order valence-electron chi connectivity index (χ0n) is 10.2. The summed E-state index contributed by atoms with van der Waals surface area (Å²) in [5.41, 5.74) is 11.9. The highest BCUT2D eigenvalue weighted by Gasteiger charge is 2.18. The van der Waals surface area contributed by atoms with Gasteiger partial charge in [0.25, 0.3) is 0 Å². The third-order valence-corrected chi connectivity index (χ3v) is 2.76. The first kappa shape index (κ1) is 12.6. The third kappa shape index (κ3) is 2.86. The molecule has 98 valence electrons. The van der Waals surface area contributed by atoms with Crippen LogP contribution in [-0.4, -0.2) is 42.4 Å². The lowest BCUT2D eigenvalue weighted by molar-refractivity contribution is 0.154. The molecule has 0 atom stereocenters. The monoisotopic (exact) mass is 250 g/mol. The van der Waals surface area contributed by atoms with Crippen LogP contribution < -0.4 is 16.4 Å². The van der Waals surface area contributed by atoms with Crippen LogP contribution in [0.25, 0.3) is 0 Å². The summed E-state index contributed by atoms with van der Waals surface area (Å²) < 4.78 is 0. The quantitative estimate of drug-likeness (QED) is 0.432. The Labute approximate surface area is 106 Å². The van der Waals surface area contributed by atoms with Crippen LogP contribution in [0.3, 0.4) is 0 Å². The molecule has 18 heavy (non-hydrogen) atoms. The fourth-order valence-electron chi connectivity index (χ4n) is 1.90. The molecule has 7 heteroatoms. The zero-order valence-corrected chi connectivity index (χ0v) is 10.2. The van der Waals surface area contributed by atoms with E-state index < -0.39 is 0 Å². The summed E-state index contributed by atoms with van der Waals surface area (Å²) in [5, 5.41) is 3.83. The summed E-state index contributed by atoms with van der Waals surface area (Å²) in [7, 11) is 0. The Morgan fingerprint density at radius 3 is 2.89 bits per heavy atom. The highest BCUT2D eigenvalue weighted by Crippen LogP contribution is 2.23. The van der Waals surface area contributed by atoms with Gasteiger partial charge in [-0.1, -0.05) is 5.16 Å². The number of nitrogens with two attached hydrogens (primary N) is 2. The minimum Gasteiger partial charge on any atom is -0.394 e. The minimum absolute atomic E-state index is 0.378. The van der Waals surface area contributed by atoms with Crippen molar-refractivity contribution in [1.82, 2.24) is 9.97 Å². The van der Waals surface area contributed by atoms with E-state index in [0.717, 1.165) is 18.9 Å². The number of oxime groups is 1. The number of rotatable bonds is 5. The molecule has 1 aromatic rings. The number of anilines is 2. The number of hydrogen-bond acceptors (Lipinski definition) is 7. The Bertz CT molecular complexity index is 416. The molecule has 1 aliphatic rings. The molecule has 0 unspecified atom stereocenters. The highest BCUT2D eigenvalue weighted by atomic mass is 16.6. The van der Waals surface area contributed by atoms with Crippen LogP contribution in [-0.2, 0) is 4.84 Å². The van der Waals surface area contributed by atoms with Gasteiger partial charge in [-0.2, -0.15) is 0 Å². The zero-order chi connectivity index (χ0) is 12.8. The Balaban J connectivity index is 2.18. The molecule has 0 aliphatic carbocycles. The molecule has 0 saturated carbocycles. The molecule has 0 aromatic carbocycles. The SMILES string of the molecule is NCCON=Cc1c(N)ncnc1N1CCCC1. The van der Waals surface area contributed by atoms with Gasteiger partial charge in [-0.25, -0.2) is 9.97 Å². The average molecular weight is 250 g/mol. The molecule has 1 aliphatic heterocycles. The predicted octanol–water partition coefficient (Wildman–Crippen LogP) is -0.0318. The van der Waals surface area contributed by atoms with Gasteiger partial charge in [0.1, 0.15) is 24.6 Å². The largest absolute Gasteiger partial charge is 0.394 e. The summed E-state index contributed by atoms with van der Waals surface area (Å²) in [6.07, 6.45) is 5.37. The van der Waals surface area contributed by atoms with Gasteiger partial charge in [0, 0.05) is 19.6 Å². The highest BCUT2D eigenvalue weighted by molar-refractivity contribution is 5.91. The second-order valence-corrected chi connectivity index (χ2v) is 4.05. The van der Waals surface area contributed by atoms with Gasteiger partial charge >= 0.3 is 0 Å². The number of nitrogen functional groups attached to an aromatic ring is 1. The fraction of sp³-hybridized carbons (Fsp3) is 0.545. The van der Waals surface area contributed by atoms with Crippen LogP contribution >= 0.6 is 0 Å². The van der Waals surface area contributed by atoms with Crippen molar-refractivity contribution >= 4 is 17.9 Å². The van der Waals surface area contributed by atoms with Gasteiger partial charge in [0.2, 0.25) is 0 Å². The topological polar surface area (TPSA) is 103 Å². The van der Waals surface area contributed by atoms with Crippen molar-refractivity contribution in [1.29, 1.82) is 0 Å². The molecule has 2 rings (SSSR count). The summed E-state index contributed by atoms with van der Waals surface area (Å²) in [6.45, 7) is 2.78. The van der Waals surface area contributed by atoms with Crippen LogP contribution in [0.2, 0.25) is 0 Å². The normalized spacial score (nSPS) is 15.5. The van der Waals surface area contributed by atoms with Crippen LogP contribution in [0.5, 0.6) is 0 Å². The van der Waals surface area contributed by atoms with E-state index in [0.29, 0.717) is 24.5 Å². The molecule has 4 N–H and O–H groups in total. The smallest absolute Gasteiger partial charge is 0.143 e. The summed E-state index contributed by atoms with van der Waals surface area (Å²) in [4.78, 5) is 15.4. The summed E-state index contributed by atoms with van der Waals surface area (Å²) >= 11 is 0. The maximum absolute atomic E-state index is 5.85. The van der Waals surface area contributed by atoms with E-state index in [9.17, 15) is 0 Å². The van der Waals surface area contributed by atoms with E-state index in [2.05, 4.69) is 20.0 Å². The van der Waals surface area contributed by atoms with Gasteiger partial charge < -0.3 is 21.2 Å². The molecular weight excluding hydrogens is 232 g/mol. The fourth-order valence-corrected chi connectivity index (χ4v) is 1.90. The van der Waals surface area contributed by atoms with Gasteiger partial charge in [-0.3, -0.25) is 0 Å². The average Bonchev–Trinajstić information content (AvgIpc) is 2.89. The molecule has 2 heterocycles. The lowest BCUT2D eigenvalue weighted by atomic mass is 10.3. The van der Waals surface area contributed by atoms with Crippen molar-refractivity contribution in [2.75, 3.05) is 36.9 Å². The van der Waals surface area contributed by atoms with E-state index in [1.165, 1.54) is 19.2 Å². The van der Waals surface area contributed by atoms with Gasteiger partial charge in [0.05, 0.1) is 11.8 Å². The first-order valence-corrected chi connectivity index (χ1v) is 6.03. The van der Waals surface area contributed by atoms with Crippen LogP contribution in [0, 0.1) is 0 Å². The molecule has 0 amide bonds. The Morgan fingerprint density at radius 2 is 2.17 bits per heavy atom. The minimum atomic E-state index is 0.378. The van der Waals surface area contributed by atoms with Crippen molar-refractivity contribution in [3.8, 4) is 0 Å². The third-order valence-electron chi connectivity index (χ3n) is 2.76. The van der Waals surface area contributed by atoms with E-state index in [-0.39, 0.29) is 0 Å². The Kier molecular flexibility index (Phi) is 4.30. The molecule has 0 spiro atoms. The predicted molar refractivity (Wildman–Crippen MR) is 70.5 cm³/mol. The van der Waals surface area contributed by atoms with Gasteiger partial charge in [0.15, 0.2) is 0 Å². The number of nitrogens with zero attached hydrogens (tertiary/aromatic N) is 4. The first-order valence-electron chi connectivity index (χ1n) is 6.03. The molecule has 7 nitrogen and oxygen atoms in total. The lowest BCUT2D eigenvalue weighted by Crippen LogP contribution is -2.21.